The monoisotopic (exact) mass is 226 g/mol. The Bertz CT molecular complexity index is 107. The Labute approximate surface area is 89.4 Å². The summed E-state index contributed by atoms with van der Waals surface area (Å²) in [6.07, 6.45) is 11.0. The van der Waals surface area contributed by atoms with Crippen molar-refractivity contribution in [3.8, 4) is 0 Å². The molecule has 3 nitrogen and oxygen atoms in total. The zero-order chi connectivity index (χ0) is 10.2. The molecule has 0 fully saturated rings. The van der Waals surface area contributed by atoms with Crippen molar-refractivity contribution in [3.63, 3.8) is 0 Å². The van der Waals surface area contributed by atoms with Crippen LogP contribution in [0.25, 0.3) is 0 Å². The largest absolute Gasteiger partial charge is 0.307 e. The van der Waals surface area contributed by atoms with Crippen LogP contribution >= 0.6 is 0 Å². The van der Waals surface area contributed by atoms with Crippen LogP contribution in [0, 0.1) is 0 Å². The first-order chi connectivity index (χ1) is 6.00. The predicted octanol–water partition coefficient (Wildman–Crippen LogP) is 1.34. The first kappa shape index (κ1) is 22.7. The number of allylic oxidation sites excluding steroid dienone is 4. The Kier molecular flexibility index (Phi) is 76.7. The normalized spacial score (nSPS) is 9.54. The summed E-state index contributed by atoms with van der Waals surface area (Å²) in [5, 5.41) is 0. The molecule has 1 aliphatic rings. The van der Waals surface area contributed by atoms with Gasteiger partial charge in [-0.15, -0.1) is 0 Å². The van der Waals surface area contributed by atoms with E-state index in [0.29, 0.717) is 0 Å². The van der Waals surface area contributed by atoms with Gasteiger partial charge in [0.15, 0.2) is 0 Å². The molecule has 0 aromatic heterocycles. The Hall–Kier alpha value is -0.991. The molecular formula is C9H14FeO3. The molecule has 0 atom stereocenters. The third-order valence-corrected chi connectivity index (χ3v) is 0.883. The van der Waals surface area contributed by atoms with E-state index in [4.69, 9.17) is 14.4 Å². The Balaban J connectivity index is -0.0000000508. The van der Waals surface area contributed by atoms with Crippen LogP contribution in [0.4, 0.5) is 0 Å². The molecule has 0 aromatic carbocycles. The summed E-state index contributed by atoms with van der Waals surface area (Å²) < 4.78 is 0. The molecule has 0 aromatic rings. The van der Waals surface area contributed by atoms with E-state index in [0.717, 1.165) is 0 Å². The Morgan fingerprint density at radius 3 is 1.00 bits per heavy atom. The topological polar surface area (TPSA) is 51.2 Å². The summed E-state index contributed by atoms with van der Waals surface area (Å²) in [5.41, 5.74) is 0. The van der Waals surface area contributed by atoms with Gasteiger partial charge in [0.25, 0.3) is 0 Å². The van der Waals surface area contributed by atoms with Crippen molar-refractivity contribution in [1.29, 1.82) is 0 Å². The van der Waals surface area contributed by atoms with Gasteiger partial charge in [0.1, 0.15) is 20.4 Å². The minimum Gasteiger partial charge on any atom is -0.307 e. The van der Waals surface area contributed by atoms with Gasteiger partial charge in [-0.3, -0.25) is 0 Å². The summed E-state index contributed by atoms with van der Waals surface area (Å²) in [6.45, 7) is 6.00. The van der Waals surface area contributed by atoms with Crippen molar-refractivity contribution in [3.05, 3.63) is 24.3 Å². The molecule has 0 N–H and O–H groups in total. The molecule has 1 rings (SSSR count). The van der Waals surface area contributed by atoms with Gasteiger partial charge in [0.05, 0.1) is 0 Å². The number of hydrogen-bond acceptors (Lipinski definition) is 3. The molecule has 0 radical (unpaired) electrons. The second-order valence-electron chi connectivity index (χ2n) is 1.43. The molecule has 0 saturated heterocycles. The van der Waals surface area contributed by atoms with Crippen LogP contribution in [0.15, 0.2) is 24.3 Å². The summed E-state index contributed by atoms with van der Waals surface area (Å²) in [6, 6.07) is 0. The first-order valence-corrected chi connectivity index (χ1v) is 3.18. The van der Waals surface area contributed by atoms with E-state index in [1.165, 1.54) is 12.8 Å². The molecule has 0 aliphatic heterocycles. The first-order valence-electron chi connectivity index (χ1n) is 3.18. The van der Waals surface area contributed by atoms with Crippen molar-refractivity contribution >= 4 is 20.4 Å². The molecule has 0 heterocycles. The number of hydrogen-bond donors (Lipinski definition) is 0. The Morgan fingerprint density at radius 1 is 0.692 bits per heavy atom. The van der Waals surface area contributed by atoms with Crippen molar-refractivity contribution in [2.75, 3.05) is 0 Å². The molecule has 76 valence electrons. The van der Waals surface area contributed by atoms with E-state index in [1.807, 2.05) is 20.4 Å². The zero-order valence-electron chi connectivity index (χ0n) is 7.42. The maximum absolute atomic E-state index is 8.00. The van der Waals surface area contributed by atoms with E-state index in [1.54, 1.807) is 0 Å². The molecule has 1 aliphatic carbocycles. The second kappa shape index (κ2) is 44.0. The second-order valence-corrected chi connectivity index (χ2v) is 1.43. The van der Waals surface area contributed by atoms with Crippen LogP contribution in [-0.4, -0.2) is 20.4 Å². The summed E-state index contributed by atoms with van der Waals surface area (Å²) in [5.74, 6) is 0. The van der Waals surface area contributed by atoms with Gasteiger partial charge in [-0.2, -0.15) is 0 Å². The summed E-state index contributed by atoms with van der Waals surface area (Å²) in [4.78, 5) is 24.0. The summed E-state index contributed by atoms with van der Waals surface area (Å²) in [7, 11) is 0. The molecule has 4 heteroatoms. The van der Waals surface area contributed by atoms with Gasteiger partial charge in [-0.1, -0.05) is 24.3 Å². The van der Waals surface area contributed by atoms with Crippen molar-refractivity contribution < 1.29 is 31.5 Å². The smallest absolute Gasteiger partial charge is 0.106 e. The van der Waals surface area contributed by atoms with Gasteiger partial charge in [-0.25, -0.2) is 0 Å². The van der Waals surface area contributed by atoms with Crippen molar-refractivity contribution in [2.24, 2.45) is 0 Å². The van der Waals surface area contributed by atoms with Crippen LogP contribution in [0.2, 0.25) is 0 Å². The van der Waals surface area contributed by atoms with Gasteiger partial charge in [-0.05, 0) is 12.8 Å². The molecule has 13 heavy (non-hydrogen) atoms. The van der Waals surface area contributed by atoms with E-state index >= 15 is 0 Å². The van der Waals surface area contributed by atoms with Gasteiger partial charge < -0.3 is 14.4 Å². The van der Waals surface area contributed by atoms with E-state index in [-0.39, 0.29) is 17.1 Å². The molecule has 0 amide bonds. The van der Waals surface area contributed by atoms with Crippen molar-refractivity contribution in [2.45, 2.75) is 12.8 Å². The minimum absolute atomic E-state index is 0. The standard InChI is InChI=1S/C6H8.3CH2O.Fe/c1-2-4-6-5-3-1;3*1-2;/h1-4H,5-6H2;3*1H2;. The van der Waals surface area contributed by atoms with Crippen LogP contribution in [-0.2, 0) is 31.5 Å². The fourth-order valence-corrected chi connectivity index (χ4v) is 0.542. The molecule has 0 bridgehead atoms. The number of rotatable bonds is 0. The summed E-state index contributed by atoms with van der Waals surface area (Å²) >= 11 is 0. The average Bonchev–Trinajstić information content (AvgIpc) is 2.29. The van der Waals surface area contributed by atoms with Crippen molar-refractivity contribution in [1.82, 2.24) is 0 Å². The average molecular weight is 226 g/mol. The fourth-order valence-electron chi connectivity index (χ4n) is 0.542. The molecule has 0 spiro atoms. The van der Waals surface area contributed by atoms with Gasteiger partial charge in [0, 0.05) is 17.1 Å². The third-order valence-electron chi connectivity index (χ3n) is 0.883. The number of carbonyl (C=O) groups is 3. The van der Waals surface area contributed by atoms with E-state index < -0.39 is 0 Å². The van der Waals surface area contributed by atoms with E-state index in [9.17, 15) is 0 Å². The van der Waals surface area contributed by atoms with Crippen LogP contribution in [0.3, 0.4) is 0 Å². The van der Waals surface area contributed by atoms with Gasteiger partial charge in [0.2, 0.25) is 0 Å². The zero-order valence-corrected chi connectivity index (χ0v) is 8.53. The predicted molar refractivity (Wildman–Crippen MR) is 48.9 cm³/mol. The van der Waals surface area contributed by atoms with Crippen LogP contribution in [0.1, 0.15) is 12.8 Å². The third kappa shape index (κ3) is 35.6. The quantitative estimate of drug-likeness (QED) is 0.585. The SMILES string of the molecule is C1=CCCC=C1.C=O.C=O.C=O.[Fe]. The minimum atomic E-state index is 0. The maximum atomic E-state index is 8.00. The fraction of sp³-hybridized carbons (Fsp3) is 0.222. The van der Waals surface area contributed by atoms with E-state index in [2.05, 4.69) is 24.3 Å². The van der Waals surface area contributed by atoms with Gasteiger partial charge >= 0.3 is 0 Å². The van der Waals surface area contributed by atoms with Crippen LogP contribution in [0.5, 0.6) is 0 Å². The number of carbonyl (C=O) groups excluding carboxylic acids is 3. The maximum Gasteiger partial charge on any atom is 0.106 e. The van der Waals surface area contributed by atoms with Crippen LogP contribution < -0.4 is 0 Å². The molecule has 0 saturated carbocycles. The molecular weight excluding hydrogens is 212 g/mol. The molecule has 0 unspecified atom stereocenters. The Morgan fingerprint density at radius 2 is 0.923 bits per heavy atom.